The third-order valence-electron chi connectivity index (χ3n) is 7.06. The Morgan fingerprint density at radius 3 is 2.71 bits per heavy atom. The zero-order valence-electron chi connectivity index (χ0n) is 17.6. The fourth-order valence-corrected chi connectivity index (χ4v) is 5.74. The van der Waals surface area contributed by atoms with Gasteiger partial charge in [-0.05, 0) is 38.3 Å². The van der Waals surface area contributed by atoms with E-state index in [-0.39, 0.29) is 0 Å². The molecular formula is C22H25N3O6. The molecule has 1 aromatic rings. The van der Waals surface area contributed by atoms with Gasteiger partial charge in [-0.1, -0.05) is 17.7 Å². The molecule has 5 atom stereocenters. The molecule has 9 heteroatoms. The Kier molecular flexibility index (Phi) is 4.07. The Balaban J connectivity index is 1.78. The summed E-state index contributed by atoms with van der Waals surface area (Å²) in [5.41, 5.74) is -2.66. The molecule has 4 aliphatic heterocycles. The maximum Gasteiger partial charge on any atom is 0.279 e. The molecule has 0 radical (unpaired) electrons. The Morgan fingerprint density at radius 1 is 1.29 bits per heavy atom. The summed E-state index contributed by atoms with van der Waals surface area (Å²) in [7, 11) is 1.50. The number of nitrogens with one attached hydrogen (secondary N) is 1. The van der Waals surface area contributed by atoms with Crippen LogP contribution in [0.25, 0.3) is 0 Å². The largest absolute Gasteiger partial charge is 0.497 e. The van der Waals surface area contributed by atoms with Gasteiger partial charge in [-0.15, -0.1) is 0 Å². The summed E-state index contributed by atoms with van der Waals surface area (Å²) in [6, 6.07) is 3.18. The van der Waals surface area contributed by atoms with Crippen LogP contribution < -0.4 is 10.1 Å². The average Bonchev–Trinajstić information content (AvgIpc) is 3.37. The van der Waals surface area contributed by atoms with Crippen LogP contribution >= 0.6 is 0 Å². The second-order valence-corrected chi connectivity index (χ2v) is 8.92. The summed E-state index contributed by atoms with van der Waals surface area (Å²) in [4.78, 5) is 42.8. The molecule has 3 N–H and O–H groups in total. The SMILES string of the molecule is COc1ccc2c(c1)NC(=O)[C@]21[C@H](C=C(C)C)N2C(=O)[C@@H]3CCCN3C(=O)[C@]2(O)[C@H]1O. The minimum atomic E-state index is -2.53. The third-order valence-corrected chi connectivity index (χ3v) is 7.06. The van der Waals surface area contributed by atoms with E-state index >= 15 is 0 Å². The van der Waals surface area contributed by atoms with Crippen molar-refractivity contribution in [1.82, 2.24) is 9.80 Å². The number of ether oxygens (including phenoxy) is 1. The number of rotatable bonds is 2. The fourth-order valence-electron chi connectivity index (χ4n) is 5.74. The smallest absolute Gasteiger partial charge is 0.279 e. The number of piperazine rings is 1. The summed E-state index contributed by atoms with van der Waals surface area (Å²) >= 11 is 0. The van der Waals surface area contributed by atoms with Crippen molar-refractivity contribution < 1.29 is 29.3 Å². The normalized spacial score (nSPS) is 35.8. The van der Waals surface area contributed by atoms with E-state index in [1.54, 1.807) is 38.1 Å². The number of anilines is 1. The summed E-state index contributed by atoms with van der Waals surface area (Å²) in [6.45, 7) is 3.94. The molecule has 3 fully saturated rings. The Labute approximate surface area is 179 Å². The van der Waals surface area contributed by atoms with Crippen LogP contribution in [0.2, 0.25) is 0 Å². The van der Waals surface area contributed by atoms with Crippen molar-refractivity contribution in [2.24, 2.45) is 0 Å². The van der Waals surface area contributed by atoms with Crippen molar-refractivity contribution in [2.45, 2.75) is 56.0 Å². The van der Waals surface area contributed by atoms with Gasteiger partial charge in [0.05, 0.1) is 13.2 Å². The molecule has 1 spiro atoms. The summed E-state index contributed by atoms with van der Waals surface area (Å²) in [5.74, 6) is -1.26. The van der Waals surface area contributed by atoms with E-state index in [1.807, 2.05) is 0 Å². The lowest BCUT2D eigenvalue weighted by Gasteiger charge is -2.45. The molecule has 0 saturated carbocycles. The lowest BCUT2D eigenvalue weighted by molar-refractivity contribution is -0.206. The van der Waals surface area contributed by atoms with E-state index in [2.05, 4.69) is 5.32 Å². The molecule has 5 rings (SSSR count). The molecule has 0 aromatic heterocycles. The molecule has 3 saturated heterocycles. The monoisotopic (exact) mass is 427 g/mol. The second kappa shape index (κ2) is 6.30. The summed E-state index contributed by atoms with van der Waals surface area (Å²) in [5, 5.41) is 26.0. The molecule has 9 nitrogen and oxygen atoms in total. The number of fused-ring (bicyclic) bond motifs is 4. The quantitative estimate of drug-likeness (QED) is 0.577. The zero-order valence-corrected chi connectivity index (χ0v) is 17.6. The fraction of sp³-hybridized carbons (Fsp3) is 0.500. The highest BCUT2D eigenvalue weighted by Gasteiger charge is 2.78. The maximum atomic E-state index is 13.5. The highest BCUT2D eigenvalue weighted by Crippen LogP contribution is 2.56. The van der Waals surface area contributed by atoms with Crippen LogP contribution in [0.1, 0.15) is 32.3 Å². The Bertz CT molecular complexity index is 1050. The maximum absolute atomic E-state index is 13.5. The van der Waals surface area contributed by atoms with Gasteiger partial charge in [0.25, 0.3) is 5.91 Å². The van der Waals surface area contributed by atoms with Crippen LogP contribution in [0.3, 0.4) is 0 Å². The van der Waals surface area contributed by atoms with Crippen LogP contribution in [0.15, 0.2) is 29.8 Å². The number of hydrogen-bond donors (Lipinski definition) is 3. The van der Waals surface area contributed by atoms with E-state index < -0.39 is 47.0 Å². The van der Waals surface area contributed by atoms with E-state index in [0.717, 1.165) is 10.5 Å². The van der Waals surface area contributed by atoms with Gasteiger partial charge in [0.1, 0.15) is 23.3 Å². The molecule has 31 heavy (non-hydrogen) atoms. The van der Waals surface area contributed by atoms with E-state index in [1.165, 1.54) is 12.0 Å². The highest BCUT2D eigenvalue weighted by atomic mass is 16.5. The first-order valence-electron chi connectivity index (χ1n) is 10.4. The molecule has 0 aliphatic carbocycles. The first kappa shape index (κ1) is 20.0. The lowest BCUT2D eigenvalue weighted by atomic mass is 9.71. The summed E-state index contributed by atoms with van der Waals surface area (Å²) in [6.07, 6.45) is 0.953. The number of hydrogen-bond acceptors (Lipinski definition) is 6. The van der Waals surface area contributed by atoms with Crippen molar-refractivity contribution in [3.63, 3.8) is 0 Å². The van der Waals surface area contributed by atoms with Crippen LogP contribution in [0.4, 0.5) is 5.69 Å². The highest BCUT2D eigenvalue weighted by molar-refractivity contribution is 6.12. The molecule has 3 amide bonds. The Hall–Kier alpha value is -2.91. The molecule has 0 bridgehead atoms. The van der Waals surface area contributed by atoms with E-state index in [9.17, 15) is 24.6 Å². The number of allylic oxidation sites excluding steroid dienone is 1. The van der Waals surface area contributed by atoms with Gasteiger partial charge in [-0.25, -0.2) is 0 Å². The summed E-state index contributed by atoms with van der Waals surface area (Å²) < 4.78 is 5.24. The van der Waals surface area contributed by atoms with Gasteiger partial charge in [0.2, 0.25) is 17.5 Å². The van der Waals surface area contributed by atoms with Gasteiger partial charge in [-0.2, -0.15) is 0 Å². The van der Waals surface area contributed by atoms with Crippen LogP contribution in [0, 0.1) is 0 Å². The topological polar surface area (TPSA) is 119 Å². The molecule has 164 valence electrons. The van der Waals surface area contributed by atoms with Gasteiger partial charge in [0, 0.05) is 18.3 Å². The lowest BCUT2D eigenvalue weighted by Crippen LogP contribution is -2.72. The number of amides is 3. The van der Waals surface area contributed by atoms with Crippen LogP contribution in [-0.4, -0.2) is 75.3 Å². The van der Waals surface area contributed by atoms with Gasteiger partial charge in [-0.3, -0.25) is 19.3 Å². The van der Waals surface area contributed by atoms with Gasteiger partial charge >= 0.3 is 0 Å². The van der Waals surface area contributed by atoms with Gasteiger partial charge in [0.15, 0.2) is 0 Å². The number of methoxy groups -OCH3 is 1. The third kappa shape index (κ3) is 2.20. The number of aliphatic hydroxyl groups is 2. The Morgan fingerprint density at radius 2 is 2.03 bits per heavy atom. The zero-order chi connectivity index (χ0) is 22.3. The minimum absolute atomic E-state index is 0.332. The molecule has 1 aromatic carbocycles. The van der Waals surface area contributed by atoms with Gasteiger partial charge < -0.3 is 25.2 Å². The molecule has 4 aliphatic rings. The number of carbonyl (C=O) groups is 3. The average molecular weight is 427 g/mol. The van der Waals surface area contributed by atoms with Crippen molar-refractivity contribution in [2.75, 3.05) is 19.0 Å². The van der Waals surface area contributed by atoms with E-state index in [4.69, 9.17) is 4.74 Å². The van der Waals surface area contributed by atoms with Crippen LogP contribution in [-0.2, 0) is 19.8 Å². The first-order chi connectivity index (χ1) is 14.7. The van der Waals surface area contributed by atoms with Crippen molar-refractivity contribution >= 4 is 23.4 Å². The van der Waals surface area contributed by atoms with Crippen molar-refractivity contribution in [1.29, 1.82) is 0 Å². The molecule has 4 heterocycles. The first-order valence-corrected chi connectivity index (χ1v) is 10.4. The number of carbonyl (C=O) groups excluding carboxylic acids is 3. The number of nitrogens with zero attached hydrogens (tertiary/aromatic N) is 2. The standard InChI is InChI=1S/C22H25N3O6/c1-11(2)9-16-21(13-7-6-12(31-3)10-14(13)23-19(21)28)18(27)22(30)20(29)24-8-4-5-15(24)17(26)25(16)22/h6-7,9-10,15-16,18,27,30H,4-5,8H2,1-3H3,(H,23,28)/t15-,16-,18-,21-,22+/m0/s1. The predicted octanol–water partition coefficient (Wildman–Crippen LogP) is 0.116. The minimum Gasteiger partial charge on any atom is -0.497 e. The van der Waals surface area contributed by atoms with Crippen molar-refractivity contribution in [3.05, 3.63) is 35.4 Å². The van der Waals surface area contributed by atoms with E-state index in [0.29, 0.717) is 36.4 Å². The number of aliphatic hydroxyl groups excluding tert-OH is 1. The molecule has 0 unspecified atom stereocenters. The molecular weight excluding hydrogens is 402 g/mol. The van der Waals surface area contributed by atoms with Crippen LogP contribution in [0.5, 0.6) is 5.75 Å². The number of benzene rings is 1. The predicted molar refractivity (Wildman–Crippen MR) is 109 cm³/mol. The second-order valence-electron chi connectivity index (χ2n) is 8.92. The van der Waals surface area contributed by atoms with Crippen molar-refractivity contribution in [3.8, 4) is 5.75 Å².